The van der Waals surface area contributed by atoms with Gasteiger partial charge in [0.2, 0.25) is 5.91 Å². The fourth-order valence-electron chi connectivity index (χ4n) is 5.07. The summed E-state index contributed by atoms with van der Waals surface area (Å²) in [6, 6.07) is 15.5. The molecule has 0 bridgehead atoms. The van der Waals surface area contributed by atoms with Crippen LogP contribution < -0.4 is 10.6 Å². The number of hydrogen-bond donors (Lipinski definition) is 3. The highest BCUT2D eigenvalue weighted by atomic mass is 32.2. The van der Waals surface area contributed by atoms with E-state index in [4.69, 9.17) is 4.74 Å². The lowest BCUT2D eigenvalue weighted by Gasteiger charge is -2.28. The van der Waals surface area contributed by atoms with E-state index in [1.54, 1.807) is 11.8 Å². The van der Waals surface area contributed by atoms with Crippen molar-refractivity contribution in [2.24, 2.45) is 5.92 Å². The van der Waals surface area contributed by atoms with Gasteiger partial charge in [-0.1, -0.05) is 48.5 Å². The van der Waals surface area contributed by atoms with Crippen molar-refractivity contribution < 1.29 is 24.2 Å². The molecule has 0 aliphatic heterocycles. The minimum atomic E-state index is -0.774. The summed E-state index contributed by atoms with van der Waals surface area (Å²) in [6.45, 7) is 0.190. The molecule has 0 saturated heterocycles. The smallest absolute Gasteiger partial charge is 0.407 e. The van der Waals surface area contributed by atoms with Crippen molar-refractivity contribution >= 4 is 29.7 Å². The van der Waals surface area contributed by atoms with Gasteiger partial charge < -0.3 is 20.5 Å². The molecule has 0 radical (unpaired) electrons. The summed E-state index contributed by atoms with van der Waals surface area (Å²) in [7, 11) is 0. The number of carbonyl (C=O) groups is 3. The Hall–Kier alpha value is -3.00. The van der Waals surface area contributed by atoms with Gasteiger partial charge in [0.1, 0.15) is 12.6 Å². The van der Waals surface area contributed by atoms with Crippen LogP contribution >= 0.6 is 11.8 Å². The fraction of sp³-hybridized carbons (Fsp3) is 0.444. The molecule has 0 aromatic heterocycles. The normalized spacial score (nSPS) is 19.8. The van der Waals surface area contributed by atoms with Crippen molar-refractivity contribution in [1.29, 1.82) is 0 Å². The summed E-state index contributed by atoms with van der Waals surface area (Å²) in [4.78, 5) is 36.8. The maximum absolute atomic E-state index is 12.9. The summed E-state index contributed by atoms with van der Waals surface area (Å²) >= 11 is 1.60. The van der Waals surface area contributed by atoms with Crippen LogP contribution in [0.25, 0.3) is 11.1 Å². The monoisotopic (exact) mass is 496 g/mol. The van der Waals surface area contributed by atoms with Gasteiger partial charge in [0.15, 0.2) is 0 Å². The third-order valence-corrected chi connectivity index (χ3v) is 7.63. The Morgan fingerprint density at radius 2 is 1.60 bits per heavy atom. The van der Waals surface area contributed by atoms with E-state index in [1.807, 2.05) is 30.5 Å². The van der Waals surface area contributed by atoms with Crippen molar-refractivity contribution in [3.8, 4) is 11.1 Å². The molecule has 1 atom stereocenters. The van der Waals surface area contributed by atoms with Crippen LogP contribution in [0.1, 0.15) is 49.1 Å². The molecule has 186 valence electrons. The van der Waals surface area contributed by atoms with Gasteiger partial charge in [-0.05, 0) is 66.4 Å². The van der Waals surface area contributed by atoms with Gasteiger partial charge in [-0.15, -0.1) is 0 Å². The van der Waals surface area contributed by atoms with Crippen LogP contribution in [0.3, 0.4) is 0 Å². The van der Waals surface area contributed by atoms with Crippen LogP contribution in [0.5, 0.6) is 0 Å². The van der Waals surface area contributed by atoms with E-state index < -0.39 is 18.1 Å². The van der Waals surface area contributed by atoms with Gasteiger partial charge in [0.05, 0.1) is 5.92 Å². The average Bonchev–Trinajstić information content (AvgIpc) is 3.19. The summed E-state index contributed by atoms with van der Waals surface area (Å²) < 4.78 is 5.63. The lowest BCUT2D eigenvalue weighted by Crippen LogP contribution is -2.50. The molecule has 1 saturated carbocycles. The highest BCUT2D eigenvalue weighted by Crippen LogP contribution is 2.44. The van der Waals surface area contributed by atoms with Crippen LogP contribution in [0.15, 0.2) is 48.5 Å². The van der Waals surface area contributed by atoms with Crippen LogP contribution in [0.2, 0.25) is 0 Å². The second kappa shape index (κ2) is 11.6. The number of amides is 2. The molecule has 7 nitrogen and oxygen atoms in total. The molecule has 0 spiro atoms. The number of carboxylic acid groups (broad SMARTS) is 1. The molecule has 4 rings (SSSR count). The number of rotatable bonds is 9. The maximum Gasteiger partial charge on any atom is 0.407 e. The van der Waals surface area contributed by atoms with Crippen LogP contribution in [-0.2, 0) is 14.3 Å². The Labute approximate surface area is 210 Å². The van der Waals surface area contributed by atoms with Gasteiger partial charge >= 0.3 is 12.1 Å². The van der Waals surface area contributed by atoms with Crippen LogP contribution in [0, 0.1) is 5.92 Å². The van der Waals surface area contributed by atoms with Crippen molar-refractivity contribution in [3.05, 3.63) is 59.7 Å². The second-order valence-corrected chi connectivity index (χ2v) is 10.2. The molecule has 2 amide bonds. The Morgan fingerprint density at radius 1 is 1.00 bits per heavy atom. The van der Waals surface area contributed by atoms with E-state index in [9.17, 15) is 19.5 Å². The number of carbonyl (C=O) groups excluding carboxylic acids is 2. The molecule has 0 heterocycles. The highest BCUT2D eigenvalue weighted by Gasteiger charge is 2.31. The predicted molar refractivity (Wildman–Crippen MR) is 137 cm³/mol. The standard InChI is InChI=1S/C27H32N2O5S/c1-35-15-14-24(25(30)28-18-12-10-17(11-13-18)26(31)32)29-27(33)34-16-23-21-8-4-2-6-19(21)20-7-3-5-9-22(20)23/h2-9,17-18,23-24H,10-16H2,1H3,(H,28,30)(H,29,33)(H,31,32)/t17?,18?,24-/m1/s1. The van der Waals surface area contributed by atoms with Gasteiger partial charge in [-0.2, -0.15) is 11.8 Å². The van der Waals surface area contributed by atoms with E-state index in [0.29, 0.717) is 37.9 Å². The van der Waals surface area contributed by atoms with E-state index >= 15 is 0 Å². The number of alkyl carbamates (subject to hydrolysis) is 1. The Morgan fingerprint density at radius 3 is 2.17 bits per heavy atom. The zero-order valence-corrected chi connectivity index (χ0v) is 20.7. The van der Waals surface area contributed by atoms with Crippen molar-refractivity contribution in [2.75, 3.05) is 18.6 Å². The molecule has 0 unspecified atom stereocenters. The number of aliphatic carboxylic acids is 1. The van der Waals surface area contributed by atoms with E-state index in [2.05, 4.69) is 34.9 Å². The third-order valence-electron chi connectivity index (χ3n) is 6.99. The van der Waals surface area contributed by atoms with Gasteiger partial charge in [0.25, 0.3) is 0 Å². The summed E-state index contributed by atoms with van der Waals surface area (Å²) in [5.74, 6) is -0.686. The minimum absolute atomic E-state index is 0.0453. The van der Waals surface area contributed by atoms with Crippen LogP contribution in [0.4, 0.5) is 4.79 Å². The Bertz CT molecular complexity index is 1020. The van der Waals surface area contributed by atoms with Crippen molar-refractivity contribution in [1.82, 2.24) is 10.6 Å². The van der Waals surface area contributed by atoms with Gasteiger partial charge in [0, 0.05) is 12.0 Å². The van der Waals surface area contributed by atoms with Crippen LogP contribution in [-0.4, -0.2) is 53.8 Å². The average molecular weight is 497 g/mol. The molecule has 2 aliphatic rings. The third kappa shape index (κ3) is 5.99. The number of fused-ring (bicyclic) bond motifs is 3. The maximum atomic E-state index is 12.9. The molecule has 2 aromatic rings. The highest BCUT2D eigenvalue weighted by molar-refractivity contribution is 7.98. The lowest BCUT2D eigenvalue weighted by molar-refractivity contribution is -0.142. The number of hydrogen-bond acceptors (Lipinski definition) is 5. The number of carboxylic acids is 1. The van der Waals surface area contributed by atoms with Gasteiger partial charge in [-0.25, -0.2) is 4.79 Å². The molecule has 2 aliphatic carbocycles. The van der Waals surface area contributed by atoms with E-state index in [0.717, 1.165) is 22.3 Å². The SMILES string of the molecule is CSCC[C@@H](NC(=O)OCC1c2ccccc2-c2ccccc21)C(=O)NC1CCC(C(=O)O)CC1. The topological polar surface area (TPSA) is 105 Å². The molecular formula is C27H32N2O5S. The predicted octanol–water partition coefficient (Wildman–Crippen LogP) is 4.41. The zero-order valence-electron chi connectivity index (χ0n) is 19.9. The minimum Gasteiger partial charge on any atom is -0.481 e. The van der Waals surface area contributed by atoms with Crippen molar-refractivity contribution in [3.63, 3.8) is 0 Å². The molecular weight excluding hydrogens is 464 g/mol. The second-order valence-electron chi connectivity index (χ2n) is 9.20. The number of ether oxygens (including phenoxy) is 1. The van der Waals surface area contributed by atoms with E-state index in [1.165, 1.54) is 0 Å². The first-order valence-electron chi connectivity index (χ1n) is 12.1. The molecule has 35 heavy (non-hydrogen) atoms. The molecule has 2 aromatic carbocycles. The molecule has 1 fully saturated rings. The van der Waals surface area contributed by atoms with E-state index in [-0.39, 0.29) is 30.4 Å². The summed E-state index contributed by atoms with van der Waals surface area (Å²) in [5.41, 5.74) is 4.59. The first-order valence-corrected chi connectivity index (χ1v) is 13.5. The first-order chi connectivity index (χ1) is 17.0. The lowest BCUT2D eigenvalue weighted by atomic mass is 9.86. The number of nitrogens with one attached hydrogen (secondary N) is 2. The quantitative estimate of drug-likeness (QED) is 0.475. The summed E-state index contributed by atoms with van der Waals surface area (Å²) in [6.07, 6.45) is 4.19. The number of thioether (sulfide) groups is 1. The van der Waals surface area contributed by atoms with Gasteiger partial charge in [-0.3, -0.25) is 9.59 Å². The fourth-order valence-corrected chi connectivity index (χ4v) is 5.54. The summed E-state index contributed by atoms with van der Waals surface area (Å²) in [5, 5.41) is 14.9. The largest absolute Gasteiger partial charge is 0.481 e. The Kier molecular flexibility index (Phi) is 8.33. The molecule has 8 heteroatoms. The Balaban J connectivity index is 1.34. The first kappa shape index (κ1) is 25.1. The van der Waals surface area contributed by atoms with Crippen molar-refractivity contribution in [2.45, 2.75) is 50.1 Å². The zero-order chi connectivity index (χ0) is 24.8. The number of benzene rings is 2. The molecule has 3 N–H and O–H groups in total.